The maximum Gasteiger partial charge on any atom is 0.175 e. The van der Waals surface area contributed by atoms with Gasteiger partial charge in [0.15, 0.2) is 9.84 Å². The predicted molar refractivity (Wildman–Crippen MR) is 104 cm³/mol. The smallest absolute Gasteiger partial charge is 0.175 e. The largest absolute Gasteiger partial charge is 0.371 e. The minimum Gasteiger partial charge on any atom is -0.371 e. The summed E-state index contributed by atoms with van der Waals surface area (Å²) in [5.74, 6) is 0.964. The van der Waals surface area contributed by atoms with Crippen molar-refractivity contribution in [2.75, 3.05) is 19.4 Å². The highest BCUT2D eigenvalue weighted by atomic mass is 32.2. The topological polar surface area (TPSA) is 73.2 Å². The molecule has 0 radical (unpaired) electrons. The number of aryl methyl sites for hydroxylation is 1. The number of benzene rings is 2. The van der Waals surface area contributed by atoms with Gasteiger partial charge in [0, 0.05) is 19.3 Å². The summed E-state index contributed by atoms with van der Waals surface area (Å²) in [6.07, 6.45) is 1.22. The summed E-state index contributed by atoms with van der Waals surface area (Å²) in [5.41, 5.74) is 4.42. The van der Waals surface area contributed by atoms with Gasteiger partial charge in [-0.3, -0.25) is 0 Å². The predicted octanol–water partition coefficient (Wildman–Crippen LogP) is 2.61. The number of fused-ring (bicyclic) bond motifs is 3. The van der Waals surface area contributed by atoms with Gasteiger partial charge >= 0.3 is 0 Å². The van der Waals surface area contributed by atoms with Gasteiger partial charge in [0.2, 0.25) is 0 Å². The number of rotatable bonds is 5. The van der Waals surface area contributed by atoms with Crippen molar-refractivity contribution in [2.24, 2.45) is 0 Å². The van der Waals surface area contributed by atoms with Gasteiger partial charge in [0.05, 0.1) is 28.6 Å². The van der Waals surface area contributed by atoms with Crippen LogP contribution in [0.1, 0.15) is 23.0 Å². The Morgan fingerprint density at radius 1 is 1.22 bits per heavy atom. The van der Waals surface area contributed by atoms with Crippen LogP contribution in [0.4, 0.5) is 0 Å². The van der Waals surface area contributed by atoms with Gasteiger partial charge < -0.3 is 14.6 Å². The lowest BCUT2D eigenvalue weighted by molar-refractivity contribution is 0.0564. The van der Waals surface area contributed by atoms with Crippen LogP contribution in [0.5, 0.6) is 0 Å². The van der Waals surface area contributed by atoms with E-state index in [-0.39, 0.29) is 6.04 Å². The molecule has 2 aromatic carbocycles. The summed E-state index contributed by atoms with van der Waals surface area (Å²) < 4.78 is 31.1. The zero-order chi connectivity index (χ0) is 19.0. The van der Waals surface area contributed by atoms with Crippen LogP contribution in [0.25, 0.3) is 11.0 Å². The van der Waals surface area contributed by atoms with E-state index in [1.807, 2.05) is 12.1 Å². The Bertz CT molecular complexity index is 1070. The Morgan fingerprint density at radius 3 is 2.74 bits per heavy atom. The van der Waals surface area contributed by atoms with Crippen molar-refractivity contribution in [3.8, 4) is 0 Å². The Kier molecular flexibility index (Phi) is 4.75. The van der Waals surface area contributed by atoms with Crippen LogP contribution in [0.2, 0.25) is 0 Å². The molecular weight excluding hydrogens is 362 g/mol. The van der Waals surface area contributed by atoms with Crippen molar-refractivity contribution in [3.63, 3.8) is 0 Å². The van der Waals surface area contributed by atoms with E-state index < -0.39 is 9.84 Å². The highest BCUT2D eigenvalue weighted by Gasteiger charge is 2.23. The van der Waals surface area contributed by atoms with Crippen molar-refractivity contribution < 1.29 is 13.2 Å². The van der Waals surface area contributed by atoms with E-state index in [9.17, 15) is 8.42 Å². The number of hydrogen-bond acceptors (Lipinski definition) is 5. The molecule has 4 rings (SSSR count). The minimum atomic E-state index is -3.16. The van der Waals surface area contributed by atoms with Crippen LogP contribution in [0.15, 0.2) is 47.4 Å². The molecule has 0 bridgehead atoms. The molecule has 0 unspecified atom stereocenters. The summed E-state index contributed by atoms with van der Waals surface area (Å²) in [5, 5.41) is 3.46. The Hall–Kier alpha value is -2.22. The van der Waals surface area contributed by atoms with Gasteiger partial charge in [-0.15, -0.1) is 0 Å². The zero-order valence-electron chi connectivity index (χ0n) is 15.5. The van der Waals surface area contributed by atoms with E-state index in [0.717, 1.165) is 29.0 Å². The van der Waals surface area contributed by atoms with E-state index in [2.05, 4.69) is 35.0 Å². The first-order valence-corrected chi connectivity index (χ1v) is 10.9. The standard InChI is InChI=1S/C20H23N3O3S/c1-14-3-8-18-19(9-14)23-16(12-26-13-20(23)22-18)11-21-10-15-4-6-17(7-5-15)27(2,24)25/h3-9,16,21H,10-13H2,1-2H3/t16-/m0/s1. The SMILES string of the molecule is Cc1ccc2nc3n(c2c1)[C@@H](CNCc1ccc(S(C)(=O)=O)cc1)COC3. The molecule has 27 heavy (non-hydrogen) atoms. The molecule has 6 nitrogen and oxygen atoms in total. The molecule has 2 heterocycles. The second-order valence-corrected chi connectivity index (χ2v) is 9.12. The third kappa shape index (κ3) is 3.76. The molecular formula is C20H23N3O3S. The van der Waals surface area contributed by atoms with Crippen molar-refractivity contribution >= 4 is 20.9 Å². The van der Waals surface area contributed by atoms with Crippen molar-refractivity contribution in [1.29, 1.82) is 0 Å². The zero-order valence-corrected chi connectivity index (χ0v) is 16.3. The average molecular weight is 385 g/mol. The number of sulfone groups is 1. The van der Waals surface area contributed by atoms with Crippen LogP contribution in [0.3, 0.4) is 0 Å². The molecule has 7 heteroatoms. The summed E-state index contributed by atoms with van der Waals surface area (Å²) >= 11 is 0. The molecule has 1 aliphatic heterocycles. The molecule has 1 aliphatic rings. The molecule has 0 fully saturated rings. The van der Waals surface area contributed by atoms with Crippen LogP contribution < -0.4 is 5.32 Å². The second-order valence-electron chi connectivity index (χ2n) is 7.11. The van der Waals surface area contributed by atoms with Crippen LogP contribution >= 0.6 is 0 Å². The van der Waals surface area contributed by atoms with Gasteiger partial charge in [0.1, 0.15) is 12.4 Å². The van der Waals surface area contributed by atoms with Gasteiger partial charge in [-0.1, -0.05) is 18.2 Å². The van der Waals surface area contributed by atoms with E-state index in [4.69, 9.17) is 9.72 Å². The van der Waals surface area contributed by atoms with Gasteiger partial charge in [-0.25, -0.2) is 13.4 Å². The Balaban J connectivity index is 1.47. The normalized spacial score (nSPS) is 17.2. The average Bonchev–Trinajstić information content (AvgIpc) is 3.00. The number of nitrogens with one attached hydrogen (secondary N) is 1. The number of nitrogens with zero attached hydrogens (tertiary/aromatic N) is 2. The van der Waals surface area contributed by atoms with E-state index in [1.165, 1.54) is 11.8 Å². The van der Waals surface area contributed by atoms with E-state index in [0.29, 0.717) is 24.7 Å². The summed E-state index contributed by atoms with van der Waals surface area (Å²) in [4.78, 5) is 5.04. The fraction of sp³-hybridized carbons (Fsp3) is 0.350. The number of hydrogen-bond donors (Lipinski definition) is 1. The van der Waals surface area contributed by atoms with Crippen LogP contribution in [-0.2, 0) is 27.7 Å². The molecule has 0 aliphatic carbocycles. The van der Waals surface area contributed by atoms with E-state index >= 15 is 0 Å². The lowest BCUT2D eigenvalue weighted by Gasteiger charge is -2.26. The molecule has 0 amide bonds. The lowest BCUT2D eigenvalue weighted by Crippen LogP contribution is -2.32. The molecule has 0 saturated heterocycles. The molecule has 0 spiro atoms. The highest BCUT2D eigenvalue weighted by molar-refractivity contribution is 7.90. The lowest BCUT2D eigenvalue weighted by atomic mass is 10.2. The van der Waals surface area contributed by atoms with E-state index in [1.54, 1.807) is 12.1 Å². The fourth-order valence-electron chi connectivity index (χ4n) is 3.51. The third-order valence-electron chi connectivity index (χ3n) is 4.89. The second kappa shape index (κ2) is 7.07. The summed E-state index contributed by atoms with van der Waals surface area (Å²) in [6, 6.07) is 13.5. The maximum absolute atomic E-state index is 11.5. The Labute approximate surface area is 159 Å². The summed E-state index contributed by atoms with van der Waals surface area (Å²) in [7, 11) is -3.16. The molecule has 142 valence electrons. The fourth-order valence-corrected chi connectivity index (χ4v) is 4.14. The van der Waals surface area contributed by atoms with Crippen molar-refractivity contribution in [2.45, 2.75) is 31.0 Å². The molecule has 3 aromatic rings. The molecule has 0 saturated carbocycles. The first-order valence-electron chi connectivity index (χ1n) is 8.97. The Morgan fingerprint density at radius 2 is 2.00 bits per heavy atom. The van der Waals surface area contributed by atoms with Gasteiger partial charge in [0.25, 0.3) is 0 Å². The molecule has 1 aromatic heterocycles. The number of aromatic nitrogens is 2. The number of imidazole rings is 1. The van der Waals surface area contributed by atoms with Crippen LogP contribution in [0, 0.1) is 6.92 Å². The monoisotopic (exact) mass is 385 g/mol. The van der Waals surface area contributed by atoms with Gasteiger partial charge in [-0.2, -0.15) is 0 Å². The molecule has 1 atom stereocenters. The molecule has 1 N–H and O–H groups in total. The quantitative estimate of drug-likeness (QED) is 0.731. The summed E-state index contributed by atoms with van der Waals surface area (Å²) in [6.45, 7) is 4.69. The van der Waals surface area contributed by atoms with Crippen molar-refractivity contribution in [3.05, 3.63) is 59.4 Å². The highest BCUT2D eigenvalue weighted by Crippen LogP contribution is 2.26. The van der Waals surface area contributed by atoms with Crippen LogP contribution in [-0.4, -0.2) is 37.4 Å². The first kappa shape index (κ1) is 18.2. The minimum absolute atomic E-state index is 0.177. The third-order valence-corrected chi connectivity index (χ3v) is 6.01. The van der Waals surface area contributed by atoms with Gasteiger partial charge in [-0.05, 0) is 42.3 Å². The van der Waals surface area contributed by atoms with Crippen molar-refractivity contribution in [1.82, 2.24) is 14.9 Å². The maximum atomic E-state index is 11.5. The first-order chi connectivity index (χ1) is 12.9. The number of ether oxygens (including phenoxy) is 1.